The average Bonchev–Trinajstić information content (AvgIpc) is 2.68. The molecule has 0 unspecified atom stereocenters. The number of hydrogen-bond acceptors (Lipinski definition) is 8. The number of benzene rings is 2. The molecule has 0 saturated heterocycles. The van der Waals surface area contributed by atoms with Gasteiger partial charge in [-0.3, -0.25) is 23.6 Å². The van der Waals surface area contributed by atoms with E-state index in [1.54, 1.807) is 24.3 Å². The average molecular weight is 417 g/mol. The fraction of sp³-hybridized carbons (Fsp3) is 0.111. The summed E-state index contributed by atoms with van der Waals surface area (Å²) in [5, 5.41) is 37.8. The van der Waals surface area contributed by atoms with Crippen LogP contribution in [-0.2, 0) is 26.4 Å². The van der Waals surface area contributed by atoms with Crippen molar-refractivity contribution in [1.82, 2.24) is 0 Å². The summed E-state index contributed by atoms with van der Waals surface area (Å²) in [6.45, 7) is 7.26. The molecule has 2 rings (SSSR count). The van der Waals surface area contributed by atoms with Crippen molar-refractivity contribution in [1.29, 1.82) is 0 Å². The van der Waals surface area contributed by atoms with E-state index in [1.165, 1.54) is 24.6 Å². The van der Waals surface area contributed by atoms with Gasteiger partial charge in [0.15, 0.2) is 23.0 Å². The second-order valence-electron chi connectivity index (χ2n) is 4.50. The number of carbonyl (C=O) groups excluding carboxylic acids is 2. The van der Waals surface area contributed by atoms with E-state index in [1.807, 2.05) is 0 Å². The van der Waals surface area contributed by atoms with Gasteiger partial charge in [-0.25, -0.2) is 0 Å². The van der Waals surface area contributed by atoms with Crippen molar-refractivity contribution in [3.8, 4) is 23.0 Å². The minimum Gasteiger partial charge on any atom is -0.545 e. The van der Waals surface area contributed by atoms with Crippen molar-refractivity contribution in [3.63, 3.8) is 0 Å². The third-order valence-corrected chi connectivity index (χ3v) is 2.91. The molecule has 9 heteroatoms. The van der Waals surface area contributed by atoms with Crippen LogP contribution in [0, 0.1) is 0 Å². The third kappa shape index (κ3) is 8.65. The standard InChI is InChI=1S/C16H16N2O4.2CHO.Co/c19-13-5-1-3-11(15(13)21)9-17-7-8-18-10-12-4-2-6-14(20)16(12)22;2*1-2;/h1-6,9-10,19-22H,7-8H2;2*1H;/q;2*-1;+2. The Morgan fingerprint density at radius 2 is 1.04 bits per heavy atom. The SMILES string of the molecule is Oc1cccc(C=NCCN=Cc2cccc(O)c2O)c1O.[CH-]=O.[CH-]=O.[Co+2]. The third-order valence-electron chi connectivity index (χ3n) is 2.91. The van der Waals surface area contributed by atoms with Gasteiger partial charge in [-0.2, -0.15) is 0 Å². The van der Waals surface area contributed by atoms with Crippen molar-refractivity contribution < 1.29 is 46.8 Å². The monoisotopic (exact) mass is 417 g/mol. The van der Waals surface area contributed by atoms with Crippen LogP contribution in [0.5, 0.6) is 23.0 Å². The summed E-state index contributed by atoms with van der Waals surface area (Å²) in [5.74, 6) is -0.804. The van der Waals surface area contributed by atoms with Gasteiger partial charge in [-0.05, 0) is 24.3 Å². The Kier molecular flexibility index (Phi) is 14.6. The van der Waals surface area contributed by atoms with Crippen LogP contribution in [0.1, 0.15) is 11.1 Å². The molecular weight excluding hydrogens is 399 g/mol. The molecule has 0 aromatic heterocycles. The van der Waals surface area contributed by atoms with Gasteiger partial charge < -0.3 is 30.0 Å². The Bertz CT molecular complexity index is 689. The molecule has 8 nitrogen and oxygen atoms in total. The van der Waals surface area contributed by atoms with Crippen LogP contribution in [0.3, 0.4) is 0 Å². The molecule has 0 fully saturated rings. The van der Waals surface area contributed by atoms with Crippen molar-refractivity contribution in [2.75, 3.05) is 13.1 Å². The molecule has 0 aliphatic heterocycles. The van der Waals surface area contributed by atoms with E-state index >= 15 is 0 Å². The number of para-hydroxylation sites is 2. The minimum atomic E-state index is -0.209. The summed E-state index contributed by atoms with van der Waals surface area (Å²) in [5.41, 5.74) is 0.851. The number of aromatic hydroxyl groups is 4. The van der Waals surface area contributed by atoms with E-state index < -0.39 is 0 Å². The number of aliphatic imine (C=N–C) groups is 2. The predicted molar refractivity (Wildman–Crippen MR) is 98.0 cm³/mol. The van der Waals surface area contributed by atoms with Gasteiger partial charge in [0.25, 0.3) is 0 Å². The molecule has 1 radical (unpaired) electrons. The maximum atomic E-state index is 9.58. The van der Waals surface area contributed by atoms with Gasteiger partial charge >= 0.3 is 16.8 Å². The number of hydrogen-bond donors (Lipinski definition) is 4. The first kappa shape index (κ1) is 26.1. The van der Waals surface area contributed by atoms with Gasteiger partial charge in [0, 0.05) is 23.6 Å². The Labute approximate surface area is 166 Å². The molecule has 0 heterocycles. The van der Waals surface area contributed by atoms with Gasteiger partial charge in [0.2, 0.25) is 0 Å². The van der Waals surface area contributed by atoms with Crippen LogP contribution >= 0.6 is 0 Å². The zero-order valence-electron chi connectivity index (χ0n) is 14.0. The molecule has 0 aliphatic carbocycles. The molecule has 0 bridgehead atoms. The van der Waals surface area contributed by atoms with Crippen LogP contribution in [0.15, 0.2) is 46.4 Å². The molecule has 4 N–H and O–H groups in total. The Hall–Kier alpha value is -3.17. The van der Waals surface area contributed by atoms with Crippen molar-refractivity contribution >= 4 is 26.0 Å². The fourth-order valence-electron chi connectivity index (χ4n) is 1.75. The van der Waals surface area contributed by atoms with Crippen LogP contribution in [0.4, 0.5) is 0 Å². The van der Waals surface area contributed by atoms with E-state index in [0.29, 0.717) is 24.2 Å². The maximum Gasteiger partial charge on any atom is 2.00 e. The zero-order valence-corrected chi connectivity index (χ0v) is 15.1. The van der Waals surface area contributed by atoms with Crippen LogP contribution < -0.4 is 0 Å². The molecule has 27 heavy (non-hydrogen) atoms. The largest absolute Gasteiger partial charge is 2.00 e. The van der Waals surface area contributed by atoms with E-state index in [2.05, 4.69) is 23.6 Å². The Balaban J connectivity index is 0. The maximum absolute atomic E-state index is 9.58. The Morgan fingerprint density at radius 3 is 1.37 bits per heavy atom. The van der Waals surface area contributed by atoms with Crippen LogP contribution in [0.25, 0.3) is 0 Å². The Morgan fingerprint density at radius 1 is 0.704 bits per heavy atom. The van der Waals surface area contributed by atoms with Gasteiger partial charge in [0.1, 0.15) is 0 Å². The first-order valence-corrected chi connectivity index (χ1v) is 7.08. The molecule has 2 aromatic rings. The van der Waals surface area contributed by atoms with E-state index in [9.17, 15) is 20.4 Å². The fourth-order valence-corrected chi connectivity index (χ4v) is 1.75. The molecule has 0 spiro atoms. The molecule has 0 amide bonds. The molecule has 145 valence electrons. The topological polar surface area (TPSA) is 140 Å². The summed E-state index contributed by atoms with van der Waals surface area (Å²) >= 11 is 0. The van der Waals surface area contributed by atoms with Crippen molar-refractivity contribution in [2.45, 2.75) is 0 Å². The van der Waals surface area contributed by atoms with E-state index in [4.69, 9.17) is 9.59 Å². The van der Waals surface area contributed by atoms with E-state index in [-0.39, 0.29) is 39.8 Å². The summed E-state index contributed by atoms with van der Waals surface area (Å²) in [7, 11) is 0. The number of phenols is 4. The molecule has 0 saturated carbocycles. The number of phenolic OH excluding ortho intramolecular Hbond substituents is 4. The summed E-state index contributed by atoms with van der Waals surface area (Å²) in [6, 6.07) is 9.26. The molecule has 0 aliphatic rings. The summed E-state index contributed by atoms with van der Waals surface area (Å²) in [4.78, 5) is 23.7. The molecule has 0 atom stereocenters. The smallest absolute Gasteiger partial charge is 0.545 e. The van der Waals surface area contributed by atoms with Crippen molar-refractivity contribution in [2.24, 2.45) is 9.98 Å². The quantitative estimate of drug-likeness (QED) is 0.191. The normalized spacial score (nSPS) is 9.63. The molecular formula is C18H18CoN2O6. The zero-order chi connectivity index (χ0) is 19.9. The van der Waals surface area contributed by atoms with Gasteiger partial charge in [0.05, 0.1) is 13.1 Å². The van der Waals surface area contributed by atoms with Crippen LogP contribution in [0.2, 0.25) is 0 Å². The summed E-state index contributed by atoms with van der Waals surface area (Å²) < 4.78 is 0. The predicted octanol–water partition coefficient (Wildman–Crippen LogP) is 1.50. The number of nitrogens with zero attached hydrogens (tertiary/aromatic N) is 2. The van der Waals surface area contributed by atoms with E-state index in [0.717, 1.165) is 0 Å². The van der Waals surface area contributed by atoms with Crippen LogP contribution in [-0.4, -0.2) is 59.5 Å². The van der Waals surface area contributed by atoms with Crippen molar-refractivity contribution in [3.05, 3.63) is 47.5 Å². The second kappa shape index (κ2) is 15.1. The molecule has 2 aromatic carbocycles. The summed E-state index contributed by atoms with van der Waals surface area (Å²) in [6.07, 6.45) is 2.91. The van der Waals surface area contributed by atoms with Gasteiger partial charge in [-0.15, -0.1) is 0 Å². The first-order chi connectivity index (χ1) is 12.6. The minimum absolute atomic E-state index is 0. The first-order valence-electron chi connectivity index (χ1n) is 7.08. The second-order valence-corrected chi connectivity index (χ2v) is 4.50. The van der Waals surface area contributed by atoms with Gasteiger partial charge in [-0.1, -0.05) is 12.1 Å². The number of rotatable bonds is 5.